The molecule has 0 heterocycles. The third-order valence-electron chi connectivity index (χ3n) is 8.55. The molecule has 0 aromatic carbocycles. The minimum Gasteiger partial charge on any atom is -0.390 e. The summed E-state index contributed by atoms with van der Waals surface area (Å²) in [4.78, 5) is 11.9. The number of allylic oxidation sites excluding steroid dienone is 1. The fraction of sp³-hybridized carbons (Fsp3) is 0.773. The Hall–Kier alpha value is -1.11. The van der Waals surface area contributed by atoms with Crippen molar-refractivity contribution >= 4 is 5.78 Å². The Morgan fingerprint density at radius 3 is 2.56 bits per heavy atom. The molecule has 3 saturated carbocycles. The van der Waals surface area contributed by atoms with E-state index in [2.05, 4.69) is 19.8 Å². The van der Waals surface area contributed by atoms with Crippen LogP contribution in [0.15, 0.2) is 11.6 Å². The first-order valence-corrected chi connectivity index (χ1v) is 9.74. The van der Waals surface area contributed by atoms with Crippen LogP contribution in [0.2, 0.25) is 0 Å². The van der Waals surface area contributed by atoms with E-state index in [0.29, 0.717) is 31.1 Å². The first-order valence-electron chi connectivity index (χ1n) is 9.74. The van der Waals surface area contributed by atoms with Gasteiger partial charge in [-0.1, -0.05) is 25.3 Å². The van der Waals surface area contributed by atoms with Crippen molar-refractivity contribution in [3.63, 3.8) is 0 Å². The van der Waals surface area contributed by atoms with E-state index in [1.807, 2.05) is 13.0 Å². The second kappa shape index (κ2) is 4.99. The number of fused-ring (bicyclic) bond motifs is 5. The summed E-state index contributed by atoms with van der Waals surface area (Å²) in [6.07, 6.45) is 13.0. The van der Waals surface area contributed by atoms with Gasteiger partial charge in [0, 0.05) is 11.8 Å². The molecule has 0 saturated heterocycles. The first kappa shape index (κ1) is 17.3. The van der Waals surface area contributed by atoms with E-state index in [-0.39, 0.29) is 17.1 Å². The van der Waals surface area contributed by atoms with Crippen LogP contribution in [0.25, 0.3) is 0 Å². The third kappa shape index (κ3) is 2.04. The number of hydrogen-bond acceptors (Lipinski definition) is 3. The van der Waals surface area contributed by atoms with E-state index >= 15 is 0 Å². The molecule has 4 aliphatic rings. The standard InChI is InChI=1S/C22H30O3/c1-5-22(25)11-9-17-16-7-6-14-12-15(23)8-10-19(14,2)18(16)21(4,24)13-20(17,22)3/h1,12,16-18,24-25H,6-11,13H2,2-4H3/t16?,17?,18?,19?,20?,21-,22-/m0/s1. The van der Waals surface area contributed by atoms with Crippen molar-refractivity contribution in [2.24, 2.45) is 28.6 Å². The van der Waals surface area contributed by atoms with Crippen LogP contribution in [-0.2, 0) is 4.79 Å². The zero-order valence-corrected chi connectivity index (χ0v) is 15.6. The maximum atomic E-state index is 11.9. The van der Waals surface area contributed by atoms with Gasteiger partial charge in [0.05, 0.1) is 5.60 Å². The molecular weight excluding hydrogens is 312 g/mol. The molecule has 5 unspecified atom stereocenters. The Kier molecular flexibility index (Phi) is 3.45. The Morgan fingerprint density at radius 2 is 1.88 bits per heavy atom. The number of carbonyl (C=O) groups is 1. The Bertz CT molecular complexity index is 699. The number of hydrogen-bond donors (Lipinski definition) is 2. The van der Waals surface area contributed by atoms with Crippen LogP contribution in [0.4, 0.5) is 0 Å². The molecule has 3 fully saturated rings. The maximum absolute atomic E-state index is 11.9. The van der Waals surface area contributed by atoms with E-state index in [4.69, 9.17) is 6.42 Å². The van der Waals surface area contributed by atoms with Gasteiger partial charge in [0.2, 0.25) is 0 Å². The minimum absolute atomic E-state index is 0.113. The molecule has 0 amide bonds. The monoisotopic (exact) mass is 342 g/mol. The maximum Gasteiger partial charge on any atom is 0.155 e. The highest BCUT2D eigenvalue weighted by atomic mass is 16.3. The van der Waals surface area contributed by atoms with Gasteiger partial charge in [0.25, 0.3) is 0 Å². The third-order valence-corrected chi connectivity index (χ3v) is 8.55. The van der Waals surface area contributed by atoms with Gasteiger partial charge in [-0.3, -0.25) is 4.79 Å². The first-order chi connectivity index (χ1) is 11.6. The van der Waals surface area contributed by atoms with Crippen molar-refractivity contribution in [3.8, 4) is 12.3 Å². The van der Waals surface area contributed by atoms with Crippen LogP contribution in [0.3, 0.4) is 0 Å². The van der Waals surface area contributed by atoms with Crippen LogP contribution in [0.5, 0.6) is 0 Å². The van der Waals surface area contributed by atoms with Crippen LogP contribution < -0.4 is 0 Å². The van der Waals surface area contributed by atoms with Crippen LogP contribution in [0, 0.1) is 40.9 Å². The quantitative estimate of drug-likeness (QED) is 0.665. The second-order valence-electron chi connectivity index (χ2n) is 9.83. The van der Waals surface area contributed by atoms with Crippen LogP contribution in [-0.4, -0.2) is 27.2 Å². The van der Waals surface area contributed by atoms with Crippen molar-refractivity contribution in [2.75, 3.05) is 0 Å². The molecule has 2 N–H and O–H groups in total. The summed E-state index contributed by atoms with van der Waals surface area (Å²) in [6, 6.07) is 0. The molecule has 0 aromatic heterocycles. The Labute approximate surface area is 150 Å². The summed E-state index contributed by atoms with van der Waals surface area (Å²) in [6.45, 7) is 6.28. The molecule has 0 radical (unpaired) electrons. The summed E-state index contributed by atoms with van der Waals surface area (Å²) in [5.74, 6) is 3.73. The highest BCUT2D eigenvalue weighted by Crippen LogP contribution is 2.69. The zero-order chi connectivity index (χ0) is 18.3. The largest absolute Gasteiger partial charge is 0.390 e. The SMILES string of the molecule is C#C[C@]1(O)CCC2C3CCC4=CC(=O)CCC4(C)C3[C@@](C)(O)CC21C. The zero-order valence-electron chi connectivity index (χ0n) is 15.6. The lowest BCUT2D eigenvalue weighted by molar-refractivity contribution is -0.200. The normalized spacial score (nSPS) is 54.8. The summed E-state index contributed by atoms with van der Waals surface area (Å²) in [5.41, 5.74) is -1.32. The predicted molar refractivity (Wildman–Crippen MR) is 96.5 cm³/mol. The van der Waals surface area contributed by atoms with Crippen molar-refractivity contribution in [1.29, 1.82) is 0 Å². The number of terminal acetylenes is 1. The minimum atomic E-state index is -1.12. The molecule has 0 bridgehead atoms. The number of ketones is 1. The van der Waals surface area contributed by atoms with Gasteiger partial charge < -0.3 is 10.2 Å². The molecule has 0 aromatic rings. The van der Waals surface area contributed by atoms with E-state index in [1.54, 1.807) is 0 Å². The molecule has 25 heavy (non-hydrogen) atoms. The van der Waals surface area contributed by atoms with Crippen LogP contribution in [0.1, 0.15) is 65.7 Å². The smallest absolute Gasteiger partial charge is 0.155 e. The molecule has 4 rings (SSSR count). The topological polar surface area (TPSA) is 57.5 Å². The molecule has 0 spiro atoms. The van der Waals surface area contributed by atoms with Gasteiger partial charge >= 0.3 is 0 Å². The average Bonchev–Trinajstić information content (AvgIpc) is 2.78. The number of rotatable bonds is 0. The fourth-order valence-electron chi connectivity index (χ4n) is 7.56. The predicted octanol–water partition coefficient (Wildman–Crippen LogP) is 3.24. The van der Waals surface area contributed by atoms with Crippen molar-refractivity contribution in [2.45, 2.75) is 76.9 Å². The summed E-state index contributed by atoms with van der Waals surface area (Å²) >= 11 is 0. The molecule has 136 valence electrons. The molecule has 0 aliphatic heterocycles. The molecule has 3 heteroatoms. The molecular formula is C22H30O3. The highest BCUT2D eigenvalue weighted by molar-refractivity contribution is 5.91. The lowest BCUT2D eigenvalue weighted by Crippen LogP contribution is -2.64. The molecule has 4 aliphatic carbocycles. The van der Waals surface area contributed by atoms with Gasteiger partial charge in [0.15, 0.2) is 5.78 Å². The van der Waals surface area contributed by atoms with Crippen molar-refractivity contribution in [3.05, 3.63) is 11.6 Å². The number of carbonyl (C=O) groups excluding carboxylic acids is 1. The van der Waals surface area contributed by atoms with Gasteiger partial charge in [-0.2, -0.15) is 0 Å². The summed E-state index contributed by atoms with van der Waals surface area (Å²) < 4.78 is 0. The van der Waals surface area contributed by atoms with E-state index in [9.17, 15) is 15.0 Å². The Balaban J connectivity index is 1.81. The highest BCUT2D eigenvalue weighted by Gasteiger charge is 2.68. The Morgan fingerprint density at radius 1 is 1.16 bits per heavy atom. The van der Waals surface area contributed by atoms with Gasteiger partial charge in [-0.05, 0) is 74.7 Å². The summed E-state index contributed by atoms with van der Waals surface area (Å²) in [7, 11) is 0. The van der Waals surface area contributed by atoms with Gasteiger partial charge in [-0.25, -0.2) is 0 Å². The fourth-order valence-corrected chi connectivity index (χ4v) is 7.56. The molecule has 7 atom stereocenters. The van der Waals surface area contributed by atoms with Gasteiger partial charge in [0.1, 0.15) is 5.60 Å². The lowest BCUT2D eigenvalue weighted by atomic mass is 9.42. The lowest BCUT2D eigenvalue weighted by Gasteiger charge is -2.63. The van der Waals surface area contributed by atoms with Crippen molar-refractivity contribution in [1.82, 2.24) is 0 Å². The van der Waals surface area contributed by atoms with E-state index in [0.717, 1.165) is 25.7 Å². The van der Waals surface area contributed by atoms with Crippen molar-refractivity contribution < 1.29 is 15.0 Å². The van der Waals surface area contributed by atoms with Crippen LogP contribution >= 0.6 is 0 Å². The molecule has 3 nitrogen and oxygen atoms in total. The number of aliphatic hydroxyl groups is 2. The second-order valence-corrected chi connectivity index (χ2v) is 9.83. The van der Waals surface area contributed by atoms with Gasteiger partial charge in [-0.15, -0.1) is 6.42 Å². The van der Waals surface area contributed by atoms with E-state index < -0.39 is 16.6 Å². The average molecular weight is 342 g/mol. The summed E-state index contributed by atoms with van der Waals surface area (Å²) in [5, 5.41) is 22.7. The van der Waals surface area contributed by atoms with E-state index in [1.165, 1.54) is 5.57 Å².